The highest BCUT2D eigenvalue weighted by Gasteiger charge is 2.47. The Morgan fingerprint density at radius 1 is 0.800 bits per heavy atom. The van der Waals surface area contributed by atoms with Gasteiger partial charge in [-0.05, 0) is 36.3 Å². The molecule has 1 saturated heterocycles. The van der Waals surface area contributed by atoms with Crippen molar-refractivity contribution >= 4 is 28.5 Å². The molecular weight excluding hydrogens is 412 g/mol. The summed E-state index contributed by atoms with van der Waals surface area (Å²) in [6, 6.07) is 0. The van der Waals surface area contributed by atoms with E-state index in [4.69, 9.17) is 20.3 Å². The molecule has 30 heavy (non-hydrogen) atoms. The van der Waals surface area contributed by atoms with Gasteiger partial charge in [0.05, 0.1) is 18.8 Å². The Morgan fingerprint density at radius 2 is 1.17 bits per heavy atom. The lowest BCUT2D eigenvalue weighted by molar-refractivity contribution is 0.0713. The first-order valence-corrected chi connectivity index (χ1v) is 16.6. The van der Waals surface area contributed by atoms with Crippen LogP contribution in [0.4, 0.5) is 11.9 Å². The van der Waals surface area contributed by atoms with Crippen molar-refractivity contribution < 1.29 is 8.85 Å². The summed E-state index contributed by atoms with van der Waals surface area (Å²) in [6.07, 6.45) is 0.0492. The van der Waals surface area contributed by atoms with Gasteiger partial charge >= 0.3 is 0 Å². The van der Waals surface area contributed by atoms with Crippen molar-refractivity contribution in [3.63, 3.8) is 0 Å². The lowest BCUT2D eigenvalue weighted by Gasteiger charge is -2.43. The van der Waals surface area contributed by atoms with Gasteiger partial charge in [-0.3, -0.25) is 4.90 Å². The van der Waals surface area contributed by atoms with Gasteiger partial charge in [0, 0.05) is 13.1 Å². The van der Waals surface area contributed by atoms with Gasteiger partial charge in [-0.25, -0.2) is 0 Å². The minimum absolute atomic E-state index is 0.0246. The zero-order valence-electron chi connectivity index (χ0n) is 20.5. The van der Waals surface area contributed by atoms with Gasteiger partial charge < -0.3 is 20.3 Å². The molecule has 0 spiro atoms. The smallest absolute Gasteiger partial charge is 0.225 e. The van der Waals surface area contributed by atoms with Gasteiger partial charge in [-0.2, -0.15) is 15.0 Å². The van der Waals surface area contributed by atoms with Crippen molar-refractivity contribution in [3.8, 4) is 0 Å². The maximum Gasteiger partial charge on any atom is 0.225 e. The minimum atomic E-state index is -1.94. The van der Waals surface area contributed by atoms with Crippen molar-refractivity contribution in [2.24, 2.45) is 0 Å². The van der Waals surface area contributed by atoms with E-state index in [1.807, 2.05) is 0 Å². The second-order valence-corrected chi connectivity index (χ2v) is 21.0. The molecular formula is C20H42N6O2Si2. The van der Waals surface area contributed by atoms with Crippen LogP contribution in [-0.2, 0) is 15.4 Å². The van der Waals surface area contributed by atoms with Gasteiger partial charge in [-0.15, -0.1) is 0 Å². The molecule has 10 heteroatoms. The summed E-state index contributed by atoms with van der Waals surface area (Å²) in [5.41, 5.74) is 11.5. The number of nitrogens with two attached hydrogens (primary N) is 2. The Morgan fingerprint density at radius 3 is 1.50 bits per heavy atom. The fourth-order valence-electron chi connectivity index (χ4n) is 3.01. The van der Waals surface area contributed by atoms with Crippen LogP contribution in [0.5, 0.6) is 0 Å². The first kappa shape index (κ1) is 25.2. The Hall–Kier alpha value is -1.08. The molecule has 1 aliphatic heterocycles. The van der Waals surface area contributed by atoms with Crippen LogP contribution >= 0.6 is 0 Å². The Balaban J connectivity index is 2.24. The summed E-state index contributed by atoms with van der Waals surface area (Å²) in [5.74, 6) is 0.888. The maximum atomic E-state index is 6.84. The van der Waals surface area contributed by atoms with E-state index in [9.17, 15) is 0 Å². The van der Waals surface area contributed by atoms with Gasteiger partial charge in [0.25, 0.3) is 0 Å². The van der Waals surface area contributed by atoms with E-state index >= 15 is 0 Å². The monoisotopic (exact) mass is 454 g/mol. The molecule has 1 aromatic rings. The van der Waals surface area contributed by atoms with Crippen LogP contribution in [-0.4, -0.2) is 61.8 Å². The van der Waals surface area contributed by atoms with Crippen LogP contribution in [0, 0.1) is 0 Å². The van der Waals surface area contributed by atoms with Crippen LogP contribution in [0.1, 0.15) is 47.4 Å². The second kappa shape index (κ2) is 8.46. The summed E-state index contributed by atoms with van der Waals surface area (Å²) in [4.78, 5) is 14.6. The summed E-state index contributed by atoms with van der Waals surface area (Å²) in [6.45, 7) is 24.9. The van der Waals surface area contributed by atoms with E-state index in [1.165, 1.54) is 0 Å². The Kier molecular flexibility index (Phi) is 7.10. The number of aromatic nitrogens is 3. The molecule has 0 unspecified atom stereocenters. The van der Waals surface area contributed by atoms with Gasteiger partial charge in [-0.1, -0.05) is 41.5 Å². The number of rotatable bonds is 6. The first-order valence-electron chi connectivity index (χ1n) is 10.8. The summed E-state index contributed by atoms with van der Waals surface area (Å²) in [7, 11) is -3.89. The molecule has 2 rings (SSSR count). The normalized spacial score (nSPS) is 21.9. The minimum Gasteiger partial charge on any atom is -0.410 e. The lowest BCUT2D eigenvalue weighted by atomic mass is 10.2. The molecule has 2 atom stereocenters. The molecule has 4 N–H and O–H groups in total. The number of hydrogen-bond acceptors (Lipinski definition) is 8. The molecule has 0 saturated carbocycles. The lowest BCUT2D eigenvalue weighted by Crippen LogP contribution is -2.51. The SMILES string of the molecule is CC(C)(C)[Si](C)(C)O[C@@H]1CN(Cc2nc(N)nc(N)n2)C[C@H]1O[Si](C)(C)C(C)(C)C. The van der Waals surface area contributed by atoms with Crippen LogP contribution in [0.25, 0.3) is 0 Å². The van der Waals surface area contributed by atoms with E-state index in [0.29, 0.717) is 12.4 Å². The predicted octanol–water partition coefficient (Wildman–Crippen LogP) is 3.63. The number of anilines is 2. The highest BCUT2D eigenvalue weighted by Crippen LogP contribution is 2.41. The number of hydrogen-bond donors (Lipinski definition) is 2. The van der Waals surface area contributed by atoms with Crippen LogP contribution < -0.4 is 11.5 Å². The van der Waals surface area contributed by atoms with E-state index in [0.717, 1.165) is 13.1 Å². The average Bonchev–Trinajstić information content (AvgIpc) is 2.83. The van der Waals surface area contributed by atoms with Crippen LogP contribution in [0.2, 0.25) is 36.3 Å². The number of likely N-dealkylation sites (tertiary alicyclic amines) is 1. The van der Waals surface area contributed by atoms with E-state index in [-0.39, 0.29) is 34.2 Å². The van der Waals surface area contributed by atoms with Crippen molar-refractivity contribution in [3.05, 3.63) is 5.82 Å². The maximum absolute atomic E-state index is 6.84. The largest absolute Gasteiger partial charge is 0.410 e. The van der Waals surface area contributed by atoms with E-state index < -0.39 is 16.6 Å². The third-order valence-electron chi connectivity index (χ3n) is 6.88. The quantitative estimate of drug-likeness (QED) is 0.627. The summed E-state index contributed by atoms with van der Waals surface area (Å²) in [5, 5.41) is 0.276. The first-order chi connectivity index (χ1) is 13.4. The third kappa shape index (κ3) is 6.00. The topological polar surface area (TPSA) is 112 Å². The second-order valence-electron chi connectivity index (χ2n) is 11.5. The van der Waals surface area contributed by atoms with Gasteiger partial charge in [0.1, 0.15) is 5.82 Å². The van der Waals surface area contributed by atoms with Gasteiger partial charge in [0.15, 0.2) is 16.6 Å². The Bertz CT molecular complexity index is 690. The van der Waals surface area contributed by atoms with Gasteiger partial charge in [0.2, 0.25) is 11.9 Å². The highest BCUT2D eigenvalue weighted by atomic mass is 28.4. The van der Waals surface area contributed by atoms with Crippen molar-refractivity contribution in [1.82, 2.24) is 19.9 Å². The molecule has 2 heterocycles. The fourth-order valence-corrected chi connectivity index (χ4v) is 5.69. The molecule has 1 aliphatic rings. The molecule has 0 amide bonds. The molecule has 0 aliphatic carbocycles. The summed E-state index contributed by atoms with van der Waals surface area (Å²) >= 11 is 0. The molecule has 1 fully saturated rings. The number of nitrogens with zero attached hydrogens (tertiary/aromatic N) is 4. The molecule has 0 radical (unpaired) electrons. The predicted molar refractivity (Wildman–Crippen MR) is 128 cm³/mol. The van der Waals surface area contributed by atoms with Crippen molar-refractivity contribution in [1.29, 1.82) is 0 Å². The standard InChI is InChI=1S/C20H42N6O2Si2/c1-19(2,3)29(7,8)27-14-11-26(13-16-23-17(21)25-18(22)24-16)12-15(14)28-30(9,10)20(4,5)6/h14-15H,11-13H2,1-10H3,(H4,21,22,23,24,25)/t14-,15-/m1/s1. The molecule has 0 aromatic carbocycles. The molecule has 8 nitrogen and oxygen atoms in total. The van der Waals surface area contributed by atoms with E-state index in [2.05, 4.69) is 87.6 Å². The van der Waals surface area contributed by atoms with Crippen molar-refractivity contribution in [2.75, 3.05) is 24.6 Å². The van der Waals surface area contributed by atoms with E-state index in [1.54, 1.807) is 0 Å². The Labute approximate surface area is 184 Å². The van der Waals surface area contributed by atoms with Crippen LogP contribution in [0.15, 0.2) is 0 Å². The highest BCUT2D eigenvalue weighted by molar-refractivity contribution is 6.74. The molecule has 0 bridgehead atoms. The fraction of sp³-hybridized carbons (Fsp3) is 0.850. The third-order valence-corrected chi connectivity index (χ3v) is 15.9. The van der Waals surface area contributed by atoms with Crippen molar-refractivity contribution in [2.45, 2.75) is 96.6 Å². The molecule has 1 aromatic heterocycles. The number of nitrogen functional groups attached to an aromatic ring is 2. The van der Waals surface area contributed by atoms with Crippen LogP contribution in [0.3, 0.4) is 0 Å². The zero-order valence-corrected chi connectivity index (χ0v) is 22.5. The zero-order chi connectivity index (χ0) is 23.1. The summed E-state index contributed by atoms with van der Waals surface area (Å²) < 4.78 is 13.7. The molecule has 172 valence electrons. The average molecular weight is 455 g/mol.